The molecule has 2 nitrogen and oxygen atoms in total. The van der Waals surface area contributed by atoms with E-state index in [-0.39, 0.29) is 5.60 Å². The molecule has 1 fully saturated rings. The van der Waals surface area contributed by atoms with E-state index in [1.165, 1.54) is 12.8 Å². The molecule has 1 rings (SSSR count). The van der Waals surface area contributed by atoms with Crippen molar-refractivity contribution in [2.75, 3.05) is 13.1 Å². The average Bonchev–Trinajstić information content (AvgIpc) is 2.14. The van der Waals surface area contributed by atoms with E-state index in [0.717, 1.165) is 24.9 Å². The summed E-state index contributed by atoms with van der Waals surface area (Å²) < 4.78 is 5.83. The first-order valence-electron chi connectivity index (χ1n) is 6.72. The highest BCUT2D eigenvalue weighted by Gasteiger charge is 2.30. The number of rotatable bonds is 2. The first-order chi connectivity index (χ1) is 7.59. The fourth-order valence-electron chi connectivity index (χ4n) is 2.41. The van der Waals surface area contributed by atoms with Crippen LogP contribution in [-0.2, 0) is 4.74 Å². The molecule has 0 radical (unpaired) electrons. The van der Waals surface area contributed by atoms with Gasteiger partial charge in [-0.05, 0) is 51.5 Å². The predicted octanol–water partition coefficient (Wildman–Crippen LogP) is 4.03. The molecule has 0 aromatic rings. The number of nitrogens with zero attached hydrogens (tertiary/aromatic N) is 1. The number of likely N-dealkylation sites (tertiary alicyclic amines) is 1. The zero-order valence-electron chi connectivity index (χ0n) is 12.5. The molecule has 1 heterocycles. The van der Waals surface area contributed by atoms with Gasteiger partial charge >= 0.3 is 0 Å². The van der Waals surface area contributed by atoms with Gasteiger partial charge in [-0.3, -0.25) is 0 Å². The van der Waals surface area contributed by atoms with E-state index >= 15 is 0 Å². The van der Waals surface area contributed by atoms with Crippen LogP contribution in [0.1, 0.15) is 54.4 Å². The molecular formula is C15H29NO. The molecule has 1 aliphatic rings. The Hall–Kier alpha value is -0.660. The summed E-state index contributed by atoms with van der Waals surface area (Å²) in [5.41, 5.74) is 0.288. The summed E-state index contributed by atoms with van der Waals surface area (Å²) in [6.45, 7) is 19.4. The van der Waals surface area contributed by atoms with Gasteiger partial charge in [-0.1, -0.05) is 20.8 Å². The minimum absolute atomic E-state index is 0.141. The second-order valence-corrected chi connectivity index (χ2v) is 7.24. The third kappa shape index (κ3) is 4.61. The van der Waals surface area contributed by atoms with Crippen molar-refractivity contribution < 1.29 is 4.74 Å². The quantitative estimate of drug-likeness (QED) is 0.675. The Morgan fingerprint density at radius 2 is 1.53 bits per heavy atom. The van der Waals surface area contributed by atoms with Crippen LogP contribution in [0.3, 0.4) is 0 Å². The van der Waals surface area contributed by atoms with Crippen molar-refractivity contribution in [3.63, 3.8) is 0 Å². The lowest BCUT2D eigenvalue weighted by molar-refractivity contribution is -0.0113. The van der Waals surface area contributed by atoms with E-state index in [1.807, 2.05) is 0 Å². The van der Waals surface area contributed by atoms with Crippen molar-refractivity contribution >= 4 is 0 Å². The van der Waals surface area contributed by atoms with Crippen LogP contribution in [0, 0.1) is 11.3 Å². The van der Waals surface area contributed by atoms with Gasteiger partial charge in [0.1, 0.15) is 5.60 Å². The molecule has 0 aromatic heterocycles. The van der Waals surface area contributed by atoms with Gasteiger partial charge in [0.15, 0.2) is 5.88 Å². The van der Waals surface area contributed by atoms with E-state index < -0.39 is 0 Å². The van der Waals surface area contributed by atoms with Crippen LogP contribution in [0.5, 0.6) is 0 Å². The molecule has 0 aromatic carbocycles. The topological polar surface area (TPSA) is 12.5 Å². The summed E-state index contributed by atoms with van der Waals surface area (Å²) in [5, 5.41) is 0. The van der Waals surface area contributed by atoms with Crippen LogP contribution in [0.15, 0.2) is 12.5 Å². The SMILES string of the molecule is C=C(OC(C)(C)C)N1CCC(C(C)(C)C)CC1. The molecule has 17 heavy (non-hydrogen) atoms. The van der Waals surface area contributed by atoms with Gasteiger partial charge in [0.2, 0.25) is 0 Å². The number of ether oxygens (including phenoxy) is 1. The standard InChI is InChI=1S/C15H29NO/c1-12(17-15(5,6)7)16-10-8-13(9-11-16)14(2,3)4/h13H,1,8-11H2,2-7H3. The molecule has 0 aliphatic carbocycles. The van der Waals surface area contributed by atoms with Crippen molar-refractivity contribution in [3.05, 3.63) is 12.5 Å². The number of piperidine rings is 1. The van der Waals surface area contributed by atoms with Crippen LogP contribution in [-0.4, -0.2) is 23.6 Å². The van der Waals surface area contributed by atoms with Gasteiger partial charge in [0.05, 0.1) is 0 Å². The maximum absolute atomic E-state index is 5.83. The summed E-state index contributed by atoms with van der Waals surface area (Å²) in [4.78, 5) is 2.29. The number of hydrogen-bond donors (Lipinski definition) is 0. The maximum Gasteiger partial charge on any atom is 0.182 e. The zero-order chi connectivity index (χ0) is 13.3. The third-order valence-corrected chi connectivity index (χ3v) is 3.50. The van der Waals surface area contributed by atoms with E-state index in [9.17, 15) is 0 Å². The Balaban J connectivity index is 2.45. The first kappa shape index (κ1) is 14.4. The summed E-state index contributed by atoms with van der Waals surface area (Å²) in [6, 6.07) is 0. The molecule has 0 unspecified atom stereocenters. The van der Waals surface area contributed by atoms with Crippen molar-refractivity contribution in [1.29, 1.82) is 0 Å². The smallest absolute Gasteiger partial charge is 0.182 e. The molecule has 2 heteroatoms. The van der Waals surface area contributed by atoms with Crippen molar-refractivity contribution in [3.8, 4) is 0 Å². The van der Waals surface area contributed by atoms with Crippen LogP contribution in [0.2, 0.25) is 0 Å². The Morgan fingerprint density at radius 3 is 1.88 bits per heavy atom. The third-order valence-electron chi connectivity index (χ3n) is 3.50. The van der Waals surface area contributed by atoms with E-state index in [1.54, 1.807) is 0 Å². The molecule has 0 amide bonds. The van der Waals surface area contributed by atoms with Crippen LogP contribution in [0.25, 0.3) is 0 Å². The summed E-state index contributed by atoms with van der Waals surface area (Å²) in [5.74, 6) is 1.66. The Morgan fingerprint density at radius 1 is 1.06 bits per heavy atom. The Bertz CT molecular complexity index is 262. The Kier molecular flexibility index (Phi) is 4.16. The molecule has 1 aliphatic heterocycles. The molecule has 0 N–H and O–H groups in total. The largest absolute Gasteiger partial charge is 0.474 e. The lowest BCUT2D eigenvalue weighted by Gasteiger charge is -2.41. The average molecular weight is 239 g/mol. The normalized spacial score (nSPS) is 19.3. The van der Waals surface area contributed by atoms with Gasteiger partial charge in [0, 0.05) is 13.1 Å². The molecule has 0 spiro atoms. The number of hydrogen-bond acceptors (Lipinski definition) is 2. The minimum Gasteiger partial charge on any atom is -0.474 e. The highest BCUT2D eigenvalue weighted by Crippen LogP contribution is 2.35. The van der Waals surface area contributed by atoms with Crippen LogP contribution < -0.4 is 0 Å². The highest BCUT2D eigenvalue weighted by atomic mass is 16.5. The van der Waals surface area contributed by atoms with E-state index in [0.29, 0.717) is 5.41 Å². The van der Waals surface area contributed by atoms with Crippen molar-refractivity contribution in [2.24, 2.45) is 11.3 Å². The van der Waals surface area contributed by atoms with Crippen molar-refractivity contribution in [2.45, 2.75) is 60.0 Å². The van der Waals surface area contributed by atoms with Gasteiger partial charge in [-0.15, -0.1) is 0 Å². The van der Waals surface area contributed by atoms with Crippen LogP contribution >= 0.6 is 0 Å². The molecule has 0 saturated carbocycles. The van der Waals surface area contributed by atoms with Gasteiger partial charge < -0.3 is 9.64 Å². The summed E-state index contributed by atoms with van der Waals surface area (Å²) in [6.07, 6.45) is 2.49. The summed E-state index contributed by atoms with van der Waals surface area (Å²) >= 11 is 0. The molecule has 1 saturated heterocycles. The van der Waals surface area contributed by atoms with Gasteiger partial charge in [0.25, 0.3) is 0 Å². The molecular weight excluding hydrogens is 210 g/mol. The summed E-state index contributed by atoms with van der Waals surface area (Å²) in [7, 11) is 0. The lowest BCUT2D eigenvalue weighted by atomic mass is 9.75. The van der Waals surface area contributed by atoms with Gasteiger partial charge in [-0.2, -0.15) is 0 Å². The second-order valence-electron chi connectivity index (χ2n) is 7.24. The Labute approximate surface area is 107 Å². The van der Waals surface area contributed by atoms with Crippen LogP contribution in [0.4, 0.5) is 0 Å². The maximum atomic E-state index is 5.83. The fraction of sp³-hybridized carbons (Fsp3) is 0.867. The lowest BCUT2D eigenvalue weighted by Crippen LogP contribution is -2.39. The second kappa shape index (κ2) is 4.91. The molecule has 0 atom stereocenters. The molecule has 0 bridgehead atoms. The highest BCUT2D eigenvalue weighted by molar-refractivity contribution is 4.91. The van der Waals surface area contributed by atoms with Gasteiger partial charge in [-0.25, -0.2) is 0 Å². The minimum atomic E-state index is -0.141. The zero-order valence-corrected chi connectivity index (χ0v) is 12.5. The van der Waals surface area contributed by atoms with E-state index in [2.05, 4.69) is 53.0 Å². The van der Waals surface area contributed by atoms with E-state index in [4.69, 9.17) is 4.74 Å². The molecule has 100 valence electrons. The van der Waals surface area contributed by atoms with Crippen molar-refractivity contribution in [1.82, 2.24) is 4.90 Å². The monoisotopic (exact) mass is 239 g/mol. The predicted molar refractivity (Wildman–Crippen MR) is 73.7 cm³/mol. The fourth-order valence-corrected chi connectivity index (χ4v) is 2.41. The first-order valence-corrected chi connectivity index (χ1v) is 6.72.